The molecule has 0 saturated heterocycles. The van der Waals surface area contributed by atoms with E-state index in [4.69, 9.17) is 9.51 Å². The summed E-state index contributed by atoms with van der Waals surface area (Å²) in [5, 5.41) is 9.67. The number of hydrogen-bond donors (Lipinski definition) is 0. The van der Waals surface area contributed by atoms with Gasteiger partial charge in [0.2, 0.25) is 5.88 Å². The highest BCUT2D eigenvalue weighted by Crippen LogP contribution is 2.41. The molecule has 12 rings (SSSR count). The third-order valence-electron chi connectivity index (χ3n) is 10.9. The van der Waals surface area contributed by atoms with E-state index < -0.39 is 0 Å². The third-order valence-corrected chi connectivity index (χ3v) is 10.9. The SMILES string of the molecule is c1ccc(-n2c3ccc(-c4ccc5c(c4)c4ccccc4n5-c4cc5nc6ccc7ccccc7c6n5o4)cc3c3c4ccccc4ccc32)cc1. The van der Waals surface area contributed by atoms with Crippen molar-refractivity contribution in [1.82, 2.24) is 18.7 Å². The summed E-state index contributed by atoms with van der Waals surface area (Å²) in [6.45, 7) is 0. The fourth-order valence-corrected chi connectivity index (χ4v) is 8.56. The molecule has 0 aliphatic heterocycles. The van der Waals surface area contributed by atoms with Crippen molar-refractivity contribution in [3.63, 3.8) is 0 Å². The van der Waals surface area contributed by atoms with Gasteiger partial charge in [0.1, 0.15) is 5.52 Å². The number of nitrogens with zero attached hydrogens (tertiary/aromatic N) is 4. The van der Waals surface area contributed by atoms with Gasteiger partial charge in [-0.2, -0.15) is 4.57 Å². The Morgan fingerprint density at radius 1 is 0.423 bits per heavy atom. The van der Waals surface area contributed by atoms with E-state index in [1.807, 2.05) is 4.57 Å². The standard InChI is InChI=1S/C47H28N4O/c1-2-12-33(13-3-1)49-42-24-21-32(27-38(42)46-34-14-6-4-10-29(34)19-25-43(46)49)31-20-23-41-37(26-31)36-16-8-9-17-40(36)50(41)45-28-44-48-39-22-18-30-11-5-7-15-35(30)47(39)51(44)52-45/h1-28H. The maximum Gasteiger partial charge on any atom is 0.236 e. The fraction of sp³-hybridized carbons (Fsp3) is 0. The van der Waals surface area contributed by atoms with Gasteiger partial charge in [-0.05, 0) is 81.9 Å². The van der Waals surface area contributed by atoms with Crippen LogP contribution in [0.5, 0.6) is 0 Å². The first kappa shape index (κ1) is 27.7. The molecule has 0 atom stereocenters. The van der Waals surface area contributed by atoms with Crippen LogP contribution in [0.15, 0.2) is 174 Å². The van der Waals surface area contributed by atoms with Crippen LogP contribution in [0.2, 0.25) is 0 Å². The lowest BCUT2D eigenvalue weighted by Crippen LogP contribution is -1.93. The zero-order valence-corrected chi connectivity index (χ0v) is 27.9. The molecule has 0 unspecified atom stereocenters. The quantitative estimate of drug-likeness (QED) is 0.189. The van der Waals surface area contributed by atoms with E-state index in [1.54, 1.807) is 0 Å². The van der Waals surface area contributed by atoms with E-state index in [0.29, 0.717) is 0 Å². The van der Waals surface area contributed by atoms with Crippen molar-refractivity contribution in [2.24, 2.45) is 0 Å². The number of para-hydroxylation sites is 2. The molecule has 0 bridgehead atoms. The second-order valence-corrected chi connectivity index (χ2v) is 13.7. The van der Waals surface area contributed by atoms with Crippen molar-refractivity contribution in [3.8, 4) is 22.7 Å². The van der Waals surface area contributed by atoms with Crippen molar-refractivity contribution >= 4 is 81.8 Å². The van der Waals surface area contributed by atoms with Crippen LogP contribution >= 0.6 is 0 Å². The Bertz CT molecular complexity index is 3410. The molecule has 4 heterocycles. The molecule has 0 spiro atoms. The lowest BCUT2D eigenvalue weighted by atomic mass is 9.99. The summed E-state index contributed by atoms with van der Waals surface area (Å²) in [7, 11) is 0. The molecule has 12 aromatic rings. The molecular formula is C47H28N4O. The van der Waals surface area contributed by atoms with Crippen molar-refractivity contribution in [2.45, 2.75) is 0 Å². The Morgan fingerprint density at radius 3 is 1.87 bits per heavy atom. The number of aromatic nitrogens is 4. The van der Waals surface area contributed by atoms with Gasteiger partial charge < -0.3 is 9.09 Å². The zero-order valence-electron chi connectivity index (χ0n) is 27.9. The third kappa shape index (κ3) is 3.74. The summed E-state index contributed by atoms with van der Waals surface area (Å²) >= 11 is 0. The predicted molar refractivity (Wildman–Crippen MR) is 214 cm³/mol. The fourth-order valence-electron chi connectivity index (χ4n) is 8.56. The Morgan fingerprint density at radius 2 is 1.04 bits per heavy atom. The average molecular weight is 665 g/mol. The highest BCUT2D eigenvalue weighted by Gasteiger charge is 2.20. The maximum absolute atomic E-state index is 6.68. The first-order valence-electron chi connectivity index (χ1n) is 17.6. The van der Waals surface area contributed by atoms with Gasteiger partial charge in [0.25, 0.3) is 0 Å². The van der Waals surface area contributed by atoms with Crippen LogP contribution in [0, 0.1) is 0 Å². The highest BCUT2D eigenvalue weighted by atomic mass is 16.5. The van der Waals surface area contributed by atoms with Crippen LogP contribution in [-0.2, 0) is 0 Å². The van der Waals surface area contributed by atoms with Crippen LogP contribution in [0.3, 0.4) is 0 Å². The Labute approximate surface area is 296 Å². The molecule has 5 heteroatoms. The molecule has 242 valence electrons. The summed E-state index contributed by atoms with van der Waals surface area (Å²) in [5.74, 6) is 0.735. The van der Waals surface area contributed by atoms with Crippen LogP contribution in [0.4, 0.5) is 0 Å². The summed E-state index contributed by atoms with van der Waals surface area (Å²) in [4.78, 5) is 4.95. The molecule has 4 aromatic heterocycles. The zero-order chi connectivity index (χ0) is 33.9. The summed E-state index contributed by atoms with van der Waals surface area (Å²) < 4.78 is 13.2. The minimum atomic E-state index is 0.735. The van der Waals surface area contributed by atoms with Crippen molar-refractivity contribution in [1.29, 1.82) is 0 Å². The van der Waals surface area contributed by atoms with Gasteiger partial charge in [-0.3, -0.25) is 4.57 Å². The number of benzene rings is 8. The molecule has 52 heavy (non-hydrogen) atoms. The first-order chi connectivity index (χ1) is 25.8. The lowest BCUT2D eigenvalue weighted by Gasteiger charge is -2.08. The van der Waals surface area contributed by atoms with E-state index >= 15 is 0 Å². The van der Waals surface area contributed by atoms with E-state index in [9.17, 15) is 0 Å². The maximum atomic E-state index is 6.68. The Hall–Kier alpha value is -7.11. The van der Waals surface area contributed by atoms with Gasteiger partial charge in [-0.15, -0.1) is 0 Å². The van der Waals surface area contributed by atoms with Crippen LogP contribution in [0.25, 0.3) is 105 Å². The summed E-state index contributed by atoms with van der Waals surface area (Å²) in [6.07, 6.45) is 0. The molecule has 5 nitrogen and oxygen atoms in total. The van der Waals surface area contributed by atoms with Gasteiger partial charge in [0, 0.05) is 38.7 Å². The monoisotopic (exact) mass is 664 g/mol. The molecule has 0 amide bonds. The molecule has 0 radical (unpaired) electrons. The second kappa shape index (κ2) is 10.2. The van der Waals surface area contributed by atoms with E-state index in [-0.39, 0.29) is 0 Å². The number of hydrogen-bond acceptors (Lipinski definition) is 2. The van der Waals surface area contributed by atoms with Gasteiger partial charge in [0.05, 0.1) is 27.6 Å². The topological polar surface area (TPSA) is 40.3 Å². The molecule has 8 aromatic carbocycles. The van der Waals surface area contributed by atoms with Crippen molar-refractivity contribution < 1.29 is 4.52 Å². The largest absolute Gasteiger partial charge is 0.354 e. The molecular weight excluding hydrogens is 637 g/mol. The number of fused-ring (bicyclic) bond motifs is 13. The predicted octanol–water partition coefficient (Wildman–Crippen LogP) is 12.2. The lowest BCUT2D eigenvalue weighted by molar-refractivity contribution is 0.381. The van der Waals surface area contributed by atoms with E-state index in [2.05, 4.69) is 179 Å². The molecule has 0 saturated carbocycles. The van der Waals surface area contributed by atoms with Gasteiger partial charge in [-0.25, -0.2) is 4.98 Å². The minimum Gasteiger partial charge on any atom is -0.354 e. The average Bonchev–Trinajstić information content (AvgIpc) is 3.95. The van der Waals surface area contributed by atoms with Gasteiger partial charge in [-0.1, -0.05) is 109 Å². The second-order valence-electron chi connectivity index (χ2n) is 13.7. The van der Waals surface area contributed by atoms with E-state index in [1.165, 1.54) is 54.5 Å². The first-order valence-corrected chi connectivity index (χ1v) is 17.6. The summed E-state index contributed by atoms with van der Waals surface area (Å²) in [5.41, 5.74) is 10.8. The van der Waals surface area contributed by atoms with Gasteiger partial charge in [0.15, 0.2) is 5.65 Å². The van der Waals surface area contributed by atoms with Crippen molar-refractivity contribution in [2.75, 3.05) is 0 Å². The Kier molecular flexibility index (Phi) is 5.44. The smallest absolute Gasteiger partial charge is 0.236 e. The molecule has 0 aliphatic carbocycles. The van der Waals surface area contributed by atoms with Crippen LogP contribution in [-0.4, -0.2) is 18.7 Å². The minimum absolute atomic E-state index is 0.735. The molecule has 0 aliphatic rings. The number of rotatable bonds is 3. The van der Waals surface area contributed by atoms with Crippen molar-refractivity contribution in [3.05, 3.63) is 170 Å². The van der Waals surface area contributed by atoms with E-state index in [0.717, 1.165) is 50.1 Å². The molecule has 0 fully saturated rings. The van der Waals surface area contributed by atoms with Crippen LogP contribution < -0.4 is 0 Å². The Balaban J connectivity index is 1.07. The summed E-state index contributed by atoms with van der Waals surface area (Å²) in [6, 6.07) is 60.8. The number of imidazole rings is 1. The van der Waals surface area contributed by atoms with Gasteiger partial charge >= 0.3 is 0 Å². The normalized spacial score (nSPS) is 12.2. The molecule has 0 N–H and O–H groups in total. The highest BCUT2D eigenvalue weighted by molar-refractivity contribution is 6.22. The van der Waals surface area contributed by atoms with Crippen LogP contribution in [0.1, 0.15) is 0 Å².